The Morgan fingerprint density at radius 2 is 1.82 bits per heavy atom. The first-order chi connectivity index (χ1) is 29.0. The molecule has 1 aromatic carbocycles. The zero-order chi connectivity index (χ0) is 43.8. The molecule has 12 nitrogen and oxygen atoms in total. The molecule has 1 spiro atoms. The smallest absolute Gasteiger partial charge is 0.338 e. The first-order valence-corrected chi connectivity index (χ1v) is 22.2. The zero-order valence-corrected chi connectivity index (χ0v) is 36.8. The summed E-state index contributed by atoms with van der Waals surface area (Å²) >= 11 is 0. The summed E-state index contributed by atoms with van der Waals surface area (Å²) in [5.41, 5.74) is 0.295. The number of halogens is 1. The summed E-state index contributed by atoms with van der Waals surface area (Å²) < 4.78 is 64.8. The highest BCUT2D eigenvalue weighted by molar-refractivity contribution is 5.89. The predicted molar refractivity (Wildman–Crippen MR) is 222 cm³/mol. The fourth-order valence-corrected chi connectivity index (χ4v) is 10.2. The molecular weight excluding hydrogens is 788 g/mol. The van der Waals surface area contributed by atoms with Crippen LogP contribution in [-0.4, -0.2) is 108 Å². The molecule has 1 unspecified atom stereocenters. The molecule has 0 radical (unpaired) electrons. The average Bonchev–Trinajstić information content (AvgIpc) is 3.57. The van der Waals surface area contributed by atoms with Gasteiger partial charge in [-0.15, -0.1) is 0 Å². The molecular formula is C48H65FO12. The third-order valence-electron chi connectivity index (χ3n) is 14.0. The van der Waals surface area contributed by atoms with E-state index in [0.29, 0.717) is 48.7 Å². The van der Waals surface area contributed by atoms with Gasteiger partial charge in [-0.05, 0) is 86.4 Å². The largest absolute Gasteiger partial charge is 0.462 e. The Kier molecular flexibility index (Phi) is 14.1. The molecule has 336 valence electrons. The van der Waals surface area contributed by atoms with E-state index in [-0.39, 0.29) is 36.7 Å². The summed E-state index contributed by atoms with van der Waals surface area (Å²) in [4.78, 5) is 27.4. The number of allylic oxidation sites excluding steroid dienone is 2. The number of esters is 2. The van der Waals surface area contributed by atoms with Crippen molar-refractivity contribution in [2.45, 2.75) is 166 Å². The number of hydrogen-bond acceptors (Lipinski definition) is 12. The van der Waals surface area contributed by atoms with Gasteiger partial charge < -0.3 is 48.1 Å². The molecule has 1 aromatic rings. The highest BCUT2D eigenvalue weighted by Gasteiger charge is 2.60. The van der Waals surface area contributed by atoms with Crippen molar-refractivity contribution in [3.05, 3.63) is 82.7 Å². The van der Waals surface area contributed by atoms with Crippen molar-refractivity contribution >= 4 is 11.9 Å². The van der Waals surface area contributed by atoms with Gasteiger partial charge in [0.25, 0.3) is 0 Å². The van der Waals surface area contributed by atoms with Crippen LogP contribution in [0.3, 0.4) is 0 Å². The number of benzene rings is 1. The minimum Gasteiger partial charge on any atom is -0.462 e. The molecule has 5 heterocycles. The molecule has 0 aromatic heterocycles. The fraction of sp³-hybridized carbons (Fsp3) is 0.667. The Labute approximate surface area is 359 Å². The van der Waals surface area contributed by atoms with E-state index in [1.54, 1.807) is 33.1 Å². The van der Waals surface area contributed by atoms with Crippen LogP contribution in [-0.2, 0) is 42.7 Å². The zero-order valence-electron chi connectivity index (χ0n) is 36.8. The van der Waals surface area contributed by atoms with Crippen LogP contribution in [0.5, 0.6) is 0 Å². The molecule has 16 atom stereocenters. The molecule has 6 aliphatic rings. The molecule has 13 heteroatoms. The SMILES string of the molecule is CCC(C)[C@H]1O[C@]2(CC[C@@H]1C)C[C@@H]1C[C@@H](C/C=C(\C)[C@@H](O[C@H]3C[C@H](OC)[C@@H](OC(=O)c4ccc(F)cc4)[C@H](C)O3)[C@@H](C)/C=C/C=C3\CO[C@@H]4[C@H](O)C(C)=C[C@@H](C(=O)O1)[C@]34O)O2. The number of carbonyl (C=O) groups is 2. The Morgan fingerprint density at radius 1 is 1.07 bits per heavy atom. The van der Waals surface area contributed by atoms with Gasteiger partial charge in [0, 0.05) is 38.7 Å². The Balaban J connectivity index is 1.19. The van der Waals surface area contributed by atoms with Crippen LogP contribution in [0.4, 0.5) is 4.39 Å². The molecule has 2 N–H and O–H groups in total. The Bertz CT molecular complexity index is 1860. The van der Waals surface area contributed by atoms with Crippen LogP contribution in [0.2, 0.25) is 0 Å². The standard InChI is InChI=1S/C48H65FO12/c1-9-26(2)42-29(5)19-20-47(61-42)24-36-22-35(60-47)18-13-28(4)41(58-39-23-38(54-8)43(31(7)56-39)59-45(51)32-14-16-34(49)17-15-32)27(3)11-10-12-33-25-55-44-40(50)30(6)21-37(46(52)57-36)48(33,44)53/h10-17,21,26-27,29,31,35-44,50,53H,9,18-20,22-25H2,1-8H3/b11-10+,28-13+,33-12+/t26?,27-,29-,31-,35+,36-,37-,38-,39-,40+,41-,42+,43-,44+,47+,48+/m0/s1. The van der Waals surface area contributed by atoms with Crippen LogP contribution in [0.15, 0.2) is 71.4 Å². The van der Waals surface area contributed by atoms with Gasteiger partial charge in [-0.3, -0.25) is 4.79 Å². The number of rotatable bonds is 7. The highest BCUT2D eigenvalue weighted by atomic mass is 19.1. The number of fused-ring (bicyclic) bond motifs is 2. The van der Waals surface area contributed by atoms with Gasteiger partial charge in [0.1, 0.15) is 41.8 Å². The van der Waals surface area contributed by atoms with Gasteiger partial charge in [-0.2, -0.15) is 0 Å². The summed E-state index contributed by atoms with van der Waals surface area (Å²) in [6, 6.07) is 5.17. The molecule has 5 aliphatic heterocycles. The van der Waals surface area contributed by atoms with Gasteiger partial charge in [0.05, 0.1) is 36.6 Å². The second-order valence-electron chi connectivity index (χ2n) is 18.4. The summed E-state index contributed by atoms with van der Waals surface area (Å²) in [7, 11) is 1.55. The lowest BCUT2D eigenvalue weighted by molar-refractivity contribution is -0.340. The van der Waals surface area contributed by atoms with Crippen LogP contribution < -0.4 is 0 Å². The van der Waals surface area contributed by atoms with E-state index in [0.717, 1.165) is 18.4 Å². The van der Waals surface area contributed by atoms with E-state index >= 15 is 0 Å². The number of aliphatic hydroxyl groups is 2. The molecule has 1 aliphatic carbocycles. The van der Waals surface area contributed by atoms with Gasteiger partial charge in [-0.1, -0.05) is 64.5 Å². The summed E-state index contributed by atoms with van der Waals surface area (Å²) in [5, 5.41) is 23.7. The first kappa shape index (κ1) is 45.7. The van der Waals surface area contributed by atoms with Crippen molar-refractivity contribution in [2.75, 3.05) is 13.7 Å². The number of carbonyl (C=O) groups excluding carboxylic acids is 2. The molecule has 4 fully saturated rings. The molecule has 7 rings (SSSR count). The highest BCUT2D eigenvalue weighted by Crippen LogP contribution is 2.48. The Hall–Kier alpha value is -3.27. The lowest BCUT2D eigenvalue weighted by Gasteiger charge is -2.51. The summed E-state index contributed by atoms with van der Waals surface area (Å²) in [6.45, 7) is 14.2. The normalized spacial score (nSPS) is 43.4. The summed E-state index contributed by atoms with van der Waals surface area (Å²) in [5.74, 6) is -3.29. The first-order valence-electron chi connectivity index (χ1n) is 22.2. The molecule has 61 heavy (non-hydrogen) atoms. The quantitative estimate of drug-likeness (QED) is 0.214. The van der Waals surface area contributed by atoms with Crippen LogP contribution in [0.1, 0.15) is 104 Å². The number of methoxy groups -OCH3 is 1. The Morgan fingerprint density at radius 3 is 2.54 bits per heavy atom. The van der Waals surface area contributed by atoms with Crippen LogP contribution in [0, 0.1) is 29.5 Å². The average molecular weight is 853 g/mol. The van der Waals surface area contributed by atoms with Gasteiger partial charge >= 0.3 is 11.9 Å². The summed E-state index contributed by atoms with van der Waals surface area (Å²) in [6.07, 6.45) is 7.10. The van der Waals surface area contributed by atoms with Crippen molar-refractivity contribution in [3.8, 4) is 0 Å². The van der Waals surface area contributed by atoms with E-state index in [9.17, 15) is 24.2 Å². The van der Waals surface area contributed by atoms with Crippen LogP contribution >= 0.6 is 0 Å². The maximum Gasteiger partial charge on any atom is 0.338 e. The van der Waals surface area contributed by atoms with Gasteiger partial charge in [0.2, 0.25) is 0 Å². The van der Waals surface area contributed by atoms with Crippen molar-refractivity contribution in [1.82, 2.24) is 0 Å². The van der Waals surface area contributed by atoms with E-state index in [1.807, 2.05) is 26.0 Å². The fourth-order valence-electron chi connectivity index (χ4n) is 10.2. The monoisotopic (exact) mass is 852 g/mol. The van der Waals surface area contributed by atoms with E-state index < -0.39 is 84.1 Å². The van der Waals surface area contributed by atoms with Gasteiger partial charge in [0.15, 0.2) is 18.2 Å². The number of hydrogen-bond donors (Lipinski definition) is 2. The lowest BCUT2D eigenvalue weighted by Crippen LogP contribution is -2.58. The van der Waals surface area contributed by atoms with E-state index in [2.05, 4.69) is 26.8 Å². The van der Waals surface area contributed by atoms with Crippen molar-refractivity contribution in [1.29, 1.82) is 0 Å². The second-order valence-corrected chi connectivity index (χ2v) is 18.4. The number of aliphatic hydroxyl groups excluding tert-OH is 1. The van der Waals surface area contributed by atoms with Crippen molar-refractivity contribution in [2.24, 2.45) is 23.7 Å². The molecule has 0 amide bonds. The predicted octanol–water partition coefficient (Wildman–Crippen LogP) is 7.07. The third kappa shape index (κ3) is 9.50. The second kappa shape index (κ2) is 18.8. The van der Waals surface area contributed by atoms with E-state index in [1.165, 1.54) is 24.3 Å². The third-order valence-corrected chi connectivity index (χ3v) is 14.0. The molecule has 0 saturated carbocycles. The molecule has 4 saturated heterocycles. The van der Waals surface area contributed by atoms with Crippen molar-refractivity contribution in [3.63, 3.8) is 0 Å². The van der Waals surface area contributed by atoms with Gasteiger partial charge in [-0.25, -0.2) is 9.18 Å². The molecule has 2 bridgehead atoms. The minimum atomic E-state index is -1.84. The van der Waals surface area contributed by atoms with Crippen molar-refractivity contribution < 1.29 is 62.1 Å². The lowest BCUT2D eigenvalue weighted by atomic mass is 9.71. The van der Waals surface area contributed by atoms with E-state index in [4.69, 9.17) is 37.9 Å². The number of ether oxygens (including phenoxy) is 8. The minimum absolute atomic E-state index is 0.0191. The van der Waals surface area contributed by atoms with Crippen LogP contribution in [0.25, 0.3) is 0 Å². The maximum atomic E-state index is 14.3. The topological polar surface area (TPSA) is 148 Å². The maximum absolute atomic E-state index is 14.3.